The predicted molar refractivity (Wildman–Crippen MR) is 95.7 cm³/mol. The van der Waals surface area contributed by atoms with Crippen LogP contribution in [0.2, 0.25) is 0 Å². The molecule has 1 aliphatic rings. The number of amides is 1. The van der Waals surface area contributed by atoms with E-state index in [-0.39, 0.29) is 18.6 Å². The highest BCUT2D eigenvalue weighted by atomic mass is 32.1. The van der Waals surface area contributed by atoms with E-state index in [4.69, 9.17) is 4.74 Å². The average molecular weight is 331 g/mol. The van der Waals surface area contributed by atoms with Gasteiger partial charge < -0.3 is 9.64 Å². The molecule has 3 rings (SSSR count). The van der Waals surface area contributed by atoms with Crippen molar-refractivity contribution in [1.29, 1.82) is 0 Å². The molecule has 3 atom stereocenters. The molecule has 4 heteroatoms. The first-order valence-electron chi connectivity index (χ1n) is 8.43. The van der Waals surface area contributed by atoms with Gasteiger partial charge in [0.1, 0.15) is 6.61 Å². The summed E-state index contributed by atoms with van der Waals surface area (Å²) in [5, 5.41) is 3.52. The lowest BCUT2D eigenvalue weighted by atomic mass is 9.99. The van der Waals surface area contributed by atoms with E-state index in [1.165, 1.54) is 22.1 Å². The molecule has 1 saturated carbocycles. The van der Waals surface area contributed by atoms with E-state index in [2.05, 4.69) is 43.5 Å². The monoisotopic (exact) mass is 331 g/mol. The van der Waals surface area contributed by atoms with Gasteiger partial charge in [-0.1, -0.05) is 32.0 Å². The van der Waals surface area contributed by atoms with Crippen LogP contribution in [0.3, 0.4) is 0 Å². The van der Waals surface area contributed by atoms with Gasteiger partial charge >= 0.3 is 0 Å². The van der Waals surface area contributed by atoms with E-state index in [1.54, 1.807) is 11.3 Å². The second-order valence-electron chi connectivity index (χ2n) is 6.57. The van der Waals surface area contributed by atoms with Crippen LogP contribution in [-0.2, 0) is 9.53 Å². The third-order valence-corrected chi connectivity index (χ3v) is 5.77. The van der Waals surface area contributed by atoms with E-state index in [1.807, 2.05) is 11.9 Å². The van der Waals surface area contributed by atoms with Crippen LogP contribution < -0.4 is 0 Å². The highest BCUT2D eigenvalue weighted by Crippen LogP contribution is 2.51. The van der Waals surface area contributed by atoms with Gasteiger partial charge in [-0.3, -0.25) is 4.79 Å². The zero-order valence-corrected chi connectivity index (χ0v) is 14.9. The number of hydrogen-bond acceptors (Lipinski definition) is 3. The third-order valence-electron chi connectivity index (χ3n) is 4.79. The molecule has 0 radical (unpaired) electrons. The standard InChI is InChI=1S/C19H25NO2S/c1-4-9-22-11-18(21)20(3)19(15-10-13(15)2)16-12-23-17-8-6-5-7-14(16)17/h5-8,12-13,15,19H,4,9-11H2,1-3H3/t13-,15-,19-/m0/s1. The van der Waals surface area contributed by atoms with Crippen LogP contribution in [0.15, 0.2) is 29.6 Å². The first kappa shape index (κ1) is 16.5. The van der Waals surface area contributed by atoms with Crippen molar-refractivity contribution in [2.75, 3.05) is 20.3 Å². The Morgan fingerprint density at radius 2 is 2.17 bits per heavy atom. The molecule has 0 N–H and O–H groups in total. The molecular formula is C19H25NO2S. The molecule has 0 bridgehead atoms. The Hall–Kier alpha value is -1.39. The molecule has 0 saturated heterocycles. The average Bonchev–Trinajstić information content (AvgIpc) is 3.11. The van der Waals surface area contributed by atoms with Crippen LogP contribution in [0.4, 0.5) is 0 Å². The summed E-state index contributed by atoms with van der Waals surface area (Å²) < 4.78 is 6.75. The van der Waals surface area contributed by atoms with Crippen molar-refractivity contribution in [3.8, 4) is 0 Å². The number of carbonyl (C=O) groups excluding carboxylic acids is 1. The Kier molecular flexibility index (Phi) is 5.02. The minimum atomic E-state index is 0.0813. The minimum Gasteiger partial charge on any atom is -0.372 e. The van der Waals surface area contributed by atoms with Crippen molar-refractivity contribution in [3.63, 3.8) is 0 Å². The Bertz CT molecular complexity index is 681. The van der Waals surface area contributed by atoms with Crippen LogP contribution in [0.1, 0.15) is 38.3 Å². The molecule has 1 heterocycles. The zero-order chi connectivity index (χ0) is 16.4. The molecule has 1 fully saturated rings. The highest BCUT2D eigenvalue weighted by Gasteiger charge is 2.44. The van der Waals surface area contributed by atoms with E-state index in [0.717, 1.165) is 6.42 Å². The number of rotatable bonds is 7. The van der Waals surface area contributed by atoms with Crippen molar-refractivity contribution in [2.45, 2.75) is 32.7 Å². The number of fused-ring (bicyclic) bond motifs is 1. The molecule has 23 heavy (non-hydrogen) atoms. The molecule has 124 valence electrons. The Morgan fingerprint density at radius 3 is 2.87 bits per heavy atom. The first-order chi connectivity index (χ1) is 11.1. The summed E-state index contributed by atoms with van der Waals surface area (Å²) in [6.07, 6.45) is 2.14. The predicted octanol–water partition coefficient (Wildman–Crippen LogP) is 4.48. The number of thiophene rings is 1. The first-order valence-corrected chi connectivity index (χ1v) is 9.31. The van der Waals surface area contributed by atoms with E-state index >= 15 is 0 Å². The van der Waals surface area contributed by atoms with Crippen molar-refractivity contribution in [3.05, 3.63) is 35.2 Å². The van der Waals surface area contributed by atoms with Crippen LogP contribution >= 0.6 is 11.3 Å². The fourth-order valence-electron chi connectivity index (χ4n) is 3.31. The largest absolute Gasteiger partial charge is 0.372 e. The normalized spacial score (nSPS) is 21.3. The smallest absolute Gasteiger partial charge is 0.248 e. The Balaban J connectivity index is 1.85. The molecule has 0 unspecified atom stereocenters. The number of likely N-dealkylation sites (N-methyl/N-ethyl adjacent to an activating group) is 1. The number of nitrogens with zero attached hydrogens (tertiary/aromatic N) is 1. The zero-order valence-electron chi connectivity index (χ0n) is 14.1. The van der Waals surface area contributed by atoms with Gasteiger partial charge in [0.15, 0.2) is 0 Å². The minimum absolute atomic E-state index is 0.0813. The van der Waals surface area contributed by atoms with E-state index < -0.39 is 0 Å². The van der Waals surface area contributed by atoms with E-state index in [9.17, 15) is 4.79 Å². The van der Waals surface area contributed by atoms with Gasteiger partial charge in [0, 0.05) is 18.4 Å². The molecule has 1 aliphatic carbocycles. The van der Waals surface area contributed by atoms with Crippen LogP contribution in [0, 0.1) is 11.8 Å². The van der Waals surface area contributed by atoms with Crippen LogP contribution in [0.5, 0.6) is 0 Å². The Labute approximate surface area is 142 Å². The molecular weight excluding hydrogens is 306 g/mol. The maximum atomic E-state index is 12.5. The van der Waals surface area contributed by atoms with Crippen molar-refractivity contribution < 1.29 is 9.53 Å². The van der Waals surface area contributed by atoms with Gasteiger partial charge in [-0.15, -0.1) is 11.3 Å². The SMILES string of the molecule is CCCOCC(=O)N(C)[C@H](c1csc2ccccc12)[C@H]1C[C@@H]1C. The summed E-state index contributed by atoms with van der Waals surface area (Å²) >= 11 is 1.77. The van der Waals surface area contributed by atoms with E-state index in [0.29, 0.717) is 18.4 Å². The van der Waals surface area contributed by atoms with Crippen molar-refractivity contribution in [2.24, 2.45) is 11.8 Å². The molecule has 0 aliphatic heterocycles. The second kappa shape index (κ2) is 7.02. The quantitative estimate of drug-likeness (QED) is 0.700. The molecule has 2 aromatic rings. The summed E-state index contributed by atoms with van der Waals surface area (Å²) in [6, 6.07) is 8.65. The van der Waals surface area contributed by atoms with Crippen LogP contribution in [-0.4, -0.2) is 31.1 Å². The number of benzene rings is 1. The Morgan fingerprint density at radius 1 is 1.43 bits per heavy atom. The maximum absolute atomic E-state index is 12.5. The fourth-order valence-corrected chi connectivity index (χ4v) is 4.30. The van der Waals surface area contributed by atoms with Gasteiger partial charge in [-0.05, 0) is 47.1 Å². The van der Waals surface area contributed by atoms with Gasteiger partial charge in [0.25, 0.3) is 0 Å². The fraction of sp³-hybridized carbons (Fsp3) is 0.526. The third kappa shape index (κ3) is 3.43. The number of hydrogen-bond donors (Lipinski definition) is 0. The van der Waals surface area contributed by atoms with Gasteiger partial charge in [-0.2, -0.15) is 0 Å². The summed E-state index contributed by atoms with van der Waals surface area (Å²) in [5.74, 6) is 1.33. The lowest BCUT2D eigenvalue weighted by Crippen LogP contribution is -2.35. The van der Waals surface area contributed by atoms with Crippen molar-refractivity contribution >= 4 is 27.3 Å². The molecule has 1 aromatic heterocycles. The summed E-state index contributed by atoms with van der Waals surface area (Å²) in [6.45, 7) is 5.16. The summed E-state index contributed by atoms with van der Waals surface area (Å²) in [7, 11) is 1.93. The number of ether oxygens (including phenoxy) is 1. The molecule has 0 spiro atoms. The van der Waals surface area contributed by atoms with Crippen molar-refractivity contribution in [1.82, 2.24) is 4.90 Å². The molecule has 3 nitrogen and oxygen atoms in total. The maximum Gasteiger partial charge on any atom is 0.248 e. The molecule has 1 aromatic carbocycles. The van der Waals surface area contributed by atoms with Crippen LogP contribution in [0.25, 0.3) is 10.1 Å². The number of carbonyl (C=O) groups is 1. The van der Waals surface area contributed by atoms with Gasteiger partial charge in [0.05, 0.1) is 6.04 Å². The lowest BCUT2D eigenvalue weighted by Gasteiger charge is -2.29. The molecule has 1 amide bonds. The highest BCUT2D eigenvalue weighted by molar-refractivity contribution is 7.17. The summed E-state index contributed by atoms with van der Waals surface area (Å²) in [4.78, 5) is 14.4. The van der Waals surface area contributed by atoms with Gasteiger partial charge in [0.2, 0.25) is 5.91 Å². The van der Waals surface area contributed by atoms with Gasteiger partial charge in [-0.25, -0.2) is 0 Å². The second-order valence-corrected chi connectivity index (χ2v) is 7.48. The topological polar surface area (TPSA) is 29.5 Å². The summed E-state index contributed by atoms with van der Waals surface area (Å²) in [5.41, 5.74) is 1.30. The lowest BCUT2D eigenvalue weighted by molar-refractivity contribution is -0.137.